The van der Waals surface area contributed by atoms with Crippen LogP contribution in [0.25, 0.3) is 0 Å². The van der Waals surface area contributed by atoms with Gasteiger partial charge in [0.15, 0.2) is 0 Å². The van der Waals surface area contributed by atoms with Crippen molar-refractivity contribution >= 4 is 0 Å². The van der Waals surface area contributed by atoms with Crippen LogP contribution in [0, 0.1) is 17.2 Å². The SMILES string of the molecule is CCCC[C@H]1CC[C@H](c2cnc(C#N)nc2)CC1. The molecular formula is C15H21N3. The van der Waals surface area contributed by atoms with Crippen LogP contribution in [-0.2, 0) is 0 Å². The van der Waals surface area contributed by atoms with E-state index in [9.17, 15) is 0 Å². The maximum absolute atomic E-state index is 8.68. The van der Waals surface area contributed by atoms with Crippen LogP contribution in [-0.4, -0.2) is 9.97 Å². The fourth-order valence-corrected chi connectivity index (χ4v) is 2.88. The molecule has 1 aliphatic carbocycles. The van der Waals surface area contributed by atoms with Crippen molar-refractivity contribution in [1.29, 1.82) is 5.26 Å². The van der Waals surface area contributed by atoms with E-state index in [1.165, 1.54) is 50.5 Å². The second-order valence-corrected chi connectivity index (χ2v) is 5.31. The molecule has 0 N–H and O–H groups in total. The number of rotatable bonds is 4. The molecule has 0 amide bonds. The van der Waals surface area contributed by atoms with E-state index in [-0.39, 0.29) is 5.82 Å². The van der Waals surface area contributed by atoms with Crippen molar-refractivity contribution in [2.24, 2.45) is 5.92 Å². The van der Waals surface area contributed by atoms with Crippen LogP contribution in [0.4, 0.5) is 0 Å². The maximum Gasteiger partial charge on any atom is 0.232 e. The number of hydrogen-bond acceptors (Lipinski definition) is 3. The molecule has 0 unspecified atom stereocenters. The second kappa shape index (κ2) is 6.49. The Morgan fingerprint density at radius 3 is 2.44 bits per heavy atom. The lowest BCUT2D eigenvalue weighted by molar-refractivity contribution is 0.304. The highest BCUT2D eigenvalue weighted by Crippen LogP contribution is 2.37. The second-order valence-electron chi connectivity index (χ2n) is 5.31. The zero-order chi connectivity index (χ0) is 12.8. The molecule has 1 aromatic rings. The topological polar surface area (TPSA) is 49.6 Å². The summed E-state index contributed by atoms with van der Waals surface area (Å²) < 4.78 is 0. The van der Waals surface area contributed by atoms with Gasteiger partial charge in [0.05, 0.1) is 0 Å². The van der Waals surface area contributed by atoms with Gasteiger partial charge in [-0.05, 0) is 43.1 Å². The van der Waals surface area contributed by atoms with E-state index in [1.807, 2.05) is 18.5 Å². The Morgan fingerprint density at radius 2 is 1.89 bits per heavy atom. The van der Waals surface area contributed by atoms with Gasteiger partial charge in [-0.2, -0.15) is 5.26 Å². The number of aromatic nitrogens is 2. The van der Waals surface area contributed by atoms with Crippen LogP contribution < -0.4 is 0 Å². The summed E-state index contributed by atoms with van der Waals surface area (Å²) in [5, 5.41) is 8.68. The van der Waals surface area contributed by atoms with Gasteiger partial charge in [-0.3, -0.25) is 0 Å². The van der Waals surface area contributed by atoms with Crippen molar-refractivity contribution in [2.45, 2.75) is 57.8 Å². The minimum atomic E-state index is 0.274. The Balaban J connectivity index is 1.87. The highest BCUT2D eigenvalue weighted by molar-refractivity contribution is 5.17. The molecule has 96 valence electrons. The molecule has 1 heterocycles. The Bertz CT molecular complexity index is 397. The lowest BCUT2D eigenvalue weighted by Crippen LogP contribution is -2.13. The number of nitriles is 1. The van der Waals surface area contributed by atoms with Gasteiger partial charge in [-0.15, -0.1) is 0 Å². The Kier molecular flexibility index (Phi) is 4.69. The van der Waals surface area contributed by atoms with Crippen LogP contribution in [0.5, 0.6) is 0 Å². The maximum atomic E-state index is 8.68. The standard InChI is InChI=1S/C15H21N3/c1-2-3-4-12-5-7-13(8-6-12)14-10-17-15(9-16)18-11-14/h10-13H,2-8H2,1H3/t12-,13-. The summed E-state index contributed by atoms with van der Waals surface area (Å²) in [6.07, 6.45) is 12.9. The fourth-order valence-electron chi connectivity index (χ4n) is 2.88. The summed E-state index contributed by atoms with van der Waals surface area (Å²) >= 11 is 0. The third-order valence-electron chi connectivity index (χ3n) is 4.06. The van der Waals surface area contributed by atoms with Gasteiger partial charge in [-0.25, -0.2) is 9.97 Å². The quantitative estimate of drug-likeness (QED) is 0.807. The molecule has 1 aromatic heterocycles. The largest absolute Gasteiger partial charge is 0.232 e. The molecule has 2 rings (SSSR count). The zero-order valence-corrected chi connectivity index (χ0v) is 11.1. The van der Waals surface area contributed by atoms with Crippen LogP contribution in [0.2, 0.25) is 0 Å². The minimum Gasteiger partial charge on any atom is -0.227 e. The first-order valence-corrected chi connectivity index (χ1v) is 7.05. The molecular weight excluding hydrogens is 222 g/mol. The van der Waals surface area contributed by atoms with Crippen molar-refractivity contribution in [1.82, 2.24) is 9.97 Å². The summed E-state index contributed by atoms with van der Waals surface area (Å²) in [5.74, 6) is 1.81. The highest BCUT2D eigenvalue weighted by Gasteiger charge is 2.22. The first-order valence-electron chi connectivity index (χ1n) is 7.05. The lowest BCUT2D eigenvalue weighted by atomic mass is 9.78. The average molecular weight is 243 g/mol. The molecule has 0 aromatic carbocycles. The van der Waals surface area contributed by atoms with Crippen molar-refractivity contribution < 1.29 is 0 Å². The molecule has 18 heavy (non-hydrogen) atoms. The molecule has 0 bridgehead atoms. The van der Waals surface area contributed by atoms with Gasteiger partial charge in [0, 0.05) is 12.4 Å². The van der Waals surface area contributed by atoms with Crippen LogP contribution in [0.15, 0.2) is 12.4 Å². The summed E-state index contributed by atoms with van der Waals surface area (Å²) in [4.78, 5) is 8.14. The van der Waals surface area contributed by atoms with Gasteiger partial charge in [0.2, 0.25) is 5.82 Å². The third kappa shape index (κ3) is 3.29. The van der Waals surface area contributed by atoms with Gasteiger partial charge in [0.1, 0.15) is 6.07 Å². The number of unbranched alkanes of at least 4 members (excludes halogenated alkanes) is 1. The summed E-state index contributed by atoms with van der Waals surface area (Å²) in [5.41, 5.74) is 1.21. The van der Waals surface area contributed by atoms with E-state index in [4.69, 9.17) is 5.26 Å². The summed E-state index contributed by atoms with van der Waals surface area (Å²) in [6.45, 7) is 2.26. The van der Waals surface area contributed by atoms with Gasteiger partial charge < -0.3 is 0 Å². The van der Waals surface area contributed by atoms with Crippen molar-refractivity contribution in [2.75, 3.05) is 0 Å². The molecule has 0 spiro atoms. The normalized spacial score (nSPS) is 23.6. The Hall–Kier alpha value is -1.43. The summed E-state index contributed by atoms with van der Waals surface area (Å²) in [7, 11) is 0. The van der Waals surface area contributed by atoms with Crippen molar-refractivity contribution in [3.05, 3.63) is 23.8 Å². The lowest BCUT2D eigenvalue weighted by Gasteiger charge is -2.28. The van der Waals surface area contributed by atoms with Gasteiger partial charge in [0.25, 0.3) is 0 Å². The van der Waals surface area contributed by atoms with Crippen molar-refractivity contribution in [3.8, 4) is 6.07 Å². The summed E-state index contributed by atoms with van der Waals surface area (Å²) in [6, 6.07) is 1.97. The first kappa shape index (κ1) is 13.0. The van der Waals surface area contributed by atoms with E-state index < -0.39 is 0 Å². The predicted molar refractivity (Wildman–Crippen MR) is 71.0 cm³/mol. The monoisotopic (exact) mass is 243 g/mol. The van der Waals surface area contributed by atoms with Gasteiger partial charge in [-0.1, -0.05) is 26.2 Å². The van der Waals surface area contributed by atoms with E-state index in [0.29, 0.717) is 5.92 Å². The predicted octanol–water partition coefficient (Wildman–Crippen LogP) is 3.81. The molecule has 1 fully saturated rings. The smallest absolute Gasteiger partial charge is 0.227 e. The molecule has 1 saturated carbocycles. The average Bonchev–Trinajstić information content (AvgIpc) is 2.46. The van der Waals surface area contributed by atoms with E-state index in [1.54, 1.807) is 0 Å². The van der Waals surface area contributed by atoms with Crippen LogP contribution in [0.1, 0.15) is 69.2 Å². The molecule has 0 atom stereocenters. The Morgan fingerprint density at radius 1 is 1.22 bits per heavy atom. The van der Waals surface area contributed by atoms with E-state index in [0.717, 1.165) is 5.92 Å². The van der Waals surface area contributed by atoms with Gasteiger partial charge >= 0.3 is 0 Å². The van der Waals surface area contributed by atoms with Crippen LogP contribution in [0.3, 0.4) is 0 Å². The van der Waals surface area contributed by atoms with E-state index >= 15 is 0 Å². The minimum absolute atomic E-state index is 0.274. The molecule has 1 aliphatic rings. The van der Waals surface area contributed by atoms with Crippen LogP contribution >= 0.6 is 0 Å². The third-order valence-corrected chi connectivity index (χ3v) is 4.06. The highest BCUT2D eigenvalue weighted by atomic mass is 14.9. The molecule has 0 radical (unpaired) electrons. The first-order chi connectivity index (χ1) is 8.83. The molecule has 3 heteroatoms. The number of nitrogens with zero attached hydrogens (tertiary/aromatic N) is 3. The fraction of sp³-hybridized carbons (Fsp3) is 0.667. The van der Waals surface area contributed by atoms with E-state index in [2.05, 4.69) is 16.9 Å². The molecule has 0 saturated heterocycles. The molecule has 3 nitrogen and oxygen atoms in total. The number of hydrogen-bond donors (Lipinski definition) is 0. The van der Waals surface area contributed by atoms with Crippen molar-refractivity contribution in [3.63, 3.8) is 0 Å². The Labute approximate surface area is 109 Å². The molecule has 0 aliphatic heterocycles. The zero-order valence-electron chi connectivity index (χ0n) is 11.1.